The summed E-state index contributed by atoms with van der Waals surface area (Å²) in [4.78, 5) is 14.2. The number of nitrogens with zero attached hydrogens (tertiary/aromatic N) is 2. The molecule has 2 aromatic rings. The van der Waals surface area contributed by atoms with Gasteiger partial charge in [-0.15, -0.1) is 11.3 Å². The van der Waals surface area contributed by atoms with E-state index in [4.69, 9.17) is 5.84 Å². The molecule has 0 saturated carbocycles. The summed E-state index contributed by atoms with van der Waals surface area (Å²) in [6.45, 7) is 0.00440. The minimum atomic E-state index is -4.05. The van der Waals surface area contributed by atoms with Crippen LogP contribution in [-0.2, 0) is 16.6 Å². The number of nitrogens with two attached hydrogens (primary N) is 1. The second-order valence-electron chi connectivity index (χ2n) is 3.88. The maximum absolute atomic E-state index is 12.2. The zero-order chi connectivity index (χ0) is 15.5. The van der Waals surface area contributed by atoms with Gasteiger partial charge in [0.25, 0.3) is 5.69 Å². The van der Waals surface area contributed by atoms with Crippen LogP contribution in [0, 0.1) is 10.1 Å². The van der Waals surface area contributed by atoms with Crippen molar-refractivity contribution in [3.8, 4) is 0 Å². The summed E-state index contributed by atoms with van der Waals surface area (Å²) in [6, 6.07) is 3.50. The van der Waals surface area contributed by atoms with Crippen molar-refractivity contribution in [3.05, 3.63) is 44.9 Å². The number of hydrogen-bond acceptors (Lipinski definition) is 8. The molecule has 21 heavy (non-hydrogen) atoms. The highest BCUT2D eigenvalue weighted by atomic mass is 32.2. The molecule has 112 valence electrons. The van der Waals surface area contributed by atoms with Gasteiger partial charge in [-0.2, -0.15) is 0 Å². The first-order chi connectivity index (χ1) is 9.94. The number of nitrogens with one attached hydrogen (secondary N) is 2. The van der Waals surface area contributed by atoms with Crippen LogP contribution in [0.2, 0.25) is 0 Å². The minimum Gasteiger partial charge on any atom is -0.324 e. The third kappa shape index (κ3) is 3.52. The molecule has 0 bridgehead atoms. The number of benzene rings is 1. The van der Waals surface area contributed by atoms with Gasteiger partial charge < -0.3 is 5.43 Å². The van der Waals surface area contributed by atoms with Crippen LogP contribution in [0.4, 0.5) is 11.4 Å². The van der Waals surface area contributed by atoms with E-state index in [1.807, 2.05) is 0 Å². The molecule has 0 spiro atoms. The van der Waals surface area contributed by atoms with Crippen molar-refractivity contribution in [2.75, 3.05) is 5.43 Å². The van der Waals surface area contributed by atoms with Crippen molar-refractivity contribution in [1.82, 2.24) is 9.71 Å². The maximum Gasteiger partial charge on any atom is 0.289 e. The number of sulfonamides is 1. The summed E-state index contributed by atoms with van der Waals surface area (Å²) in [5, 5.41) is 11.0. The first-order valence-electron chi connectivity index (χ1n) is 5.56. The molecule has 1 aromatic carbocycles. The summed E-state index contributed by atoms with van der Waals surface area (Å²) in [6.07, 6.45) is 1.51. The average molecular weight is 329 g/mol. The molecule has 0 aliphatic heterocycles. The number of anilines is 1. The van der Waals surface area contributed by atoms with Crippen molar-refractivity contribution in [1.29, 1.82) is 0 Å². The van der Waals surface area contributed by atoms with E-state index in [-0.39, 0.29) is 12.2 Å². The Kier molecular flexibility index (Phi) is 4.47. The molecule has 4 N–H and O–H groups in total. The van der Waals surface area contributed by atoms with Gasteiger partial charge in [0.1, 0.15) is 0 Å². The lowest BCUT2D eigenvalue weighted by Crippen LogP contribution is -2.24. The standard InChI is InChI=1S/C10H11N5O4S2/c11-14-7-1-2-9(15(16)17)10(3-7)21(18,19)13-5-8-4-12-6-20-8/h1-4,6,13-14H,5,11H2. The quantitative estimate of drug-likeness (QED) is 0.404. The topological polar surface area (TPSA) is 140 Å². The summed E-state index contributed by atoms with van der Waals surface area (Å²) in [5.41, 5.74) is 3.54. The second kappa shape index (κ2) is 6.13. The summed E-state index contributed by atoms with van der Waals surface area (Å²) >= 11 is 1.27. The number of aromatic nitrogens is 1. The molecule has 0 radical (unpaired) electrons. The number of nitro benzene ring substituents is 1. The molecule has 0 aliphatic rings. The van der Waals surface area contributed by atoms with Crippen LogP contribution in [0.5, 0.6) is 0 Å². The van der Waals surface area contributed by atoms with Crippen LogP contribution < -0.4 is 16.0 Å². The third-order valence-corrected chi connectivity index (χ3v) is 4.74. The van der Waals surface area contributed by atoms with Gasteiger partial charge in [-0.05, 0) is 12.1 Å². The predicted molar refractivity (Wildman–Crippen MR) is 77.0 cm³/mol. The molecular formula is C10H11N5O4S2. The van der Waals surface area contributed by atoms with E-state index in [0.717, 1.165) is 12.1 Å². The molecule has 9 nitrogen and oxygen atoms in total. The van der Waals surface area contributed by atoms with E-state index in [2.05, 4.69) is 15.1 Å². The van der Waals surface area contributed by atoms with Gasteiger partial charge in [0, 0.05) is 23.7 Å². The number of rotatable bonds is 6. The fourth-order valence-electron chi connectivity index (χ4n) is 1.54. The van der Waals surface area contributed by atoms with Gasteiger partial charge >= 0.3 is 0 Å². The normalized spacial score (nSPS) is 11.3. The van der Waals surface area contributed by atoms with E-state index < -0.39 is 25.5 Å². The Morgan fingerprint density at radius 1 is 1.43 bits per heavy atom. The Labute approximate surface area is 124 Å². The third-order valence-electron chi connectivity index (χ3n) is 2.53. The maximum atomic E-state index is 12.2. The van der Waals surface area contributed by atoms with Gasteiger partial charge in [0.2, 0.25) is 10.0 Å². The van der Waals surface area contributed by atoms with Crippen LogP contribution in [0.3, 0.4) is 0 Å². The average Bonchev–Trinajstić information content (AvgIpc) is 2.98. The fourth-order valence-corrected chi connectivity index (χ4v) is 3.37. The molecule has 2 rings (SSSR count). The molecule has 11 heteroatoms. The first kappa shape index (κ1) is 15.3. The number of hydrogen-bond donors (Lipinski definition) is 3. The molecule has 0 unspecified atom stereocenters. The highest BCUT2D eigenvalue weighted by molar-refractivity contribution is 7.89. The van der Waals surface area contributed by atoms with Gasteiger partial charge in [0.05, 0.1) is 16.1 Å². The summed E-state index contributed by atoms with van der Waals surface area (Å²) in [7, 11) is -4.05. The highest BCUT2D eigenvalue weighted by Crippen LogP contribution is 2.26. The fraction of sp³-hybridized carbons (Fsp3) is 0.100. The van der Waals surface area contributed by atoms with Gasteiger partial charge in [-0.3, -0.25) is 20.9 Å². The lowest BCUT2D eigenvalue weighted by Gasteiger charge is -2.08. The van der Waals surface area contributed by atoms with Crippen molar-refractivity contribution >= 4 is 32.7 Å². The van der Waals surface area contributed by atoms with E-state index >= 15 is 0 Å². The molecule has 0 saturated heterocycles. The lowest BCUT2D eigenvalue weighted by atomic mass is 10.3. The van der Waals surface area contributed by atoms with Crippen molar-refractivity contribution in [2.45, 2.75) is 11.4 Å². The van der Waals surface area contributed by atoms with Crippen LogP contribution in [-0.4, -0.2) is 18.3 Å². The zero-order valence-electron chi connectivity index (χ0n) is 10.5. The van der Waals surface area contributed by atoms with Gasteiger partial charge in [-0.25, -0.2) is 13.1 Å². The smallest absolute Gasteiger partial charge is 0.289 e. The Hall–Kier alpha value is -2.08. The Morgan fingerprint density at radius 2 is 2.19 bits per heavy atom. The molecule has 1 aromatic heterocycles. The molecule has 0 aliphatic carbocycles. The van der Waals surface area contributed by atoms with Crippen LogP contribution in [0.1, 0.15) is 4.88 Å². The number of nitrogen functional groups attached to an aromatic ring is 1. The van der Waals surface area contributed by atoms with Gasteiger partial charge in [-0.1, -0.05) is 0 Å². The predicted octanol–water partition coefficient (Wildman–Crippen LogP) is 0.815. The van der Waals surface area contributed by atoms with Crippen molar-refractivity contribution in [3.63, 3.8) is 0 Å². The second-order valence-corrected chi connectivity index (χ2v) is 6.58. The SMILES string of the molecule is NNc1ccc([N+](=O)[O-])c(S(=O)(=O)NCc2cncs2)c1. The van der Waals surface area contributed by atoms with Gasteiger partial charge in [0.15, 0.2) is 4.90 Å². The van der Waals surface area contributed by atoms with E-state index in [1.54, 1.807) is 5.51 Å². The van der Waals surface area contributed by atoms with E-state index in [9.17, 15) is 18.5 Å². The Bertz CT molecular complexity index is 745. The molecule has 0 amide bonds. The molecule has 0 atom stereocenters. The first-order valence-corrected chi connectivity index (χ1v) is 7.92. The Morgan fingerprint density at radius 3 is 2.76 bits per heavy atom. The van der Waals surface area contributed by atoms with Crippen LogP contribution >= 0.6 is 11.3 Å². The minimum absolute atomic E-state index is 0.00440. The largest absolute Gasteiger partial charge is 0.324 e. The summed E-state index contributed by atoms with van der Waals surface area (Å²) in [5.74, 6) is 5.20. The lowest BCUT2D eigenvalue weighted by molar-refractivity contribution is -0.387. The number of nitro groups is 1. The van der Waals surface area contributed by atoms with Crippen molar-refractivity contribution < 1.29 is 13.3 Å². The molecular weight excluding hydrogens is 318 g/mol. The van der Waals surface area contributed by atoms with E-state index in [0.29, 0.717) is 4.88 Å². The van der Waals surface area contributed by atoms with E-state index in [1.165, 1.54) is 23.6 Å². The number of hydrazine groups is 1. The molecule has 0 fully saturated rings. The zero-order valence-corrected chi connectivity index (χ0v) is 12.1. The Balaban J connectivity index is 2.35. The monoisotopic (exact) mass is 329 g/mol. The van der Waals surface area contributed by atoms with Crippen molar-refractivity contribution in [2.24, 2.45) is 5.84 Å². The summed E-state index contributed by atoms with van der Waals surface area (Å²) < 4.78 is 26.7. The van der Waals surface area contributed by atoms with Crippen LogP contribution in [0.15, 0.2) is 34.8 Å². The highest BCUT2D eigenvalue weighted by Gasteiger charge is 2.26. The van der Waals surface area contributed by atoms with Crippen LogP contribution in [0.25, 0.3) is 0 Å². The molecule has 1 heterocycles. The number of thiazole rings is 1.